The molecule has 0 atom stereocenters. The summed E-state index contributed by atoms with van der Waals surface area (Å²) in [6, 6.07) is 21.6. The van der Waals surface area contributed by atoms with Crippen LogP contribution in [0.3, 0.4) is 0 Å². The van der Waals surface area contributed by atoms with Crippen molar-refractivity contribution < 1.29 is 28.7 Å². The lowest BCUT2D eigenvalue weighted by Gasteiger charge is -2.13. The van der Waals surface area contributed by atoms with Gasteiger partial charge in [-0.15, -0.1) is 0 Å². The molecule has 0 aliphatic rings. The van der Waals surface area contributed by atoms with Crippen LogP contribution in [0.25, 0.3) is 0 Å². The van der Waals surface area contributed by atoms with E-state index in [9.17, 15) is 19.2 Å². The minimum atomic E-state index is -0.740. The predicted molar refractivity (Wildman–Crippen MR) is 128 cm³/mol. The molecule has 3 aromatic carbocycles. The Morgan fingerprint density at radius 2 is 1.12 bits per heavy atom. The van der Waals surface area contributed by atoms with Gasteiger partial charge in [-0.3, -0.25) is 9.59 Å². The first-order valence-corrected chi connectivity index (χ1v) is 10.9. The highest BCUT2D eigenvalue weighted by Gasteiger charge is 2.18. The summed E-state index contributed by atoms with van der Waals surface area (Å²) in [5.74, 6) is -2.26. The molecule has 0 spiro atoms. The van der Waals surface area contributed by atoms with Gasteiger partial charge >= 0.3 is 11.9 Å². The van der Waals surface area contributed by atoms with E-state index in [1.807, 2.05) is 22.6 Å². The fraction of sp³-hybridized carbons (Fsp3) is 0.0833. The first-order valence-electron chi connectivity index (χ1n) is 9.80. The number of amides is 2. The second-order valence-corrected chi connectivity index (χ2v) is 7.77. The van der Waals surface area contributed by atoms with Crippen molar-refractivity contribution in [2.45, 2.75) is 0 Å². The van der Waals surface area contributed by atoms with Crippen LogP contribution in [0, 0.1) is 3.57 Å². The van der Waals surface area contributed by atoms with Crippen molar-refractivity contribution >= 4 is 46.3 Å². The molecule has 0 aromatic heterocycles. The Bertz CT molecular complexity index is 1150. The van der Waals surface area contributed by atoms with Crippen LogP contribution in [0.2, 0.25) is 0 Å². The molecule has 9 heteroatoms. The molecular weight excluding hydrogens is 539 g/mol. The maximum atomic E-state index is 12.3. The topological polar surface area (TPSA) is 111 Å². The molecule has 0 aliphatic carbocycles. The summed E-state index contributed by atoms with van der Waals surface area (Å²) >= 11 is 1.93. The van der Waals surface area contributed by atoms with E-state index in [1.165, 1.54) is 6.07 Å². The molecule has 33 heavy (non-hydrogen) atoms. The highest BCUT2D eigenvalue weighted by Crippen LogP contribution is 2.32. The molecule has 2 amide bonds. The number of hydrogen-bond donors (Lipinski definition) is 2. The quantitative estimate of drug-likeness (QED) is 0.250. The van der Waals surface area contributed by atoms with Crippen LogP contribution in [-0.2, 0) is 9.59 Å². The molecular formula is C24H19IN2O6. The SMILES string of the molecule is O=C(CNC(=O)c1ccccc1)Oc1cccc(I)c1OC(=O)CNC(=O)c1ccccc1. The van der Waals surface area contributed by atoms with Crippen molar-refractivity contribution in [2.75, 3.05) is 13.1 Å². The van der Waals surface area contributed by atoms with Gasteiger partial charge in [-0.25, -0.2) is 9.59 Å². The molecule has 0 saturated heterocycles. The lowest BCUT2D eigenvalue weighted by Crippen LogP contribution is -2.33. The Morgan fingerprint density at radius 3 is 1.64 bits per heavy atom. The van der Waals surface area contributed by atoms with Crippen LogP contribution in [-0.4, -0.2) is 36.8 Å². The van der Waals surface area contributed by atoms with E-state index in [0.29, 0.717) is 14.7 Å². The standard InChI is InChI=1S/C24H19IN2O6/c25-18-12-7-13-19(32-20(28)14-26-23(30)16-8-3-1-4-9-16)22(18)33-21(29)15-27-24(31)17-10-5-2-6-11-17/h1-13H,14-15H2,(H,26,30)(H,27,31). The lowest BCUT2D eigenvalue weighted by atomic mass is 10.2. The number of ether oxygens (including phenoxy) is 2. The van der Waals surface area contributed by atoms with Gasteiger partial charge in [0.15, 0.2) is 11.5 Å². The molecule has 3 aromatic rings. The van der Waals surface area contributed by atoms with Crippen LogP contribution in [0.15, 0.2) is 78.9 Å². The molecule has 3 rings (SSSR count). The van der Waals surface area contributed by atoms with Crippen LogP contribution >= 0.6 is 22.6 Å². The van der Waals surface area contributed by atoms with E-state index < -0.39 is 23.8 Å². The molecule has 168 valence electrons. The van der Waals surface area contributed by atoms with Gasteiger partial charge in [0.1, 0.15) is 13.1 Å². The highest BCUT2D eigenvalue weighted by atomic mass is 127. The van der Waals surface area contributed by atoms with Gasteiger partial charge in [0.25, 0.3) is 11.8 Å². The summed E-state index contributed by atoms with van der Waals surface area (Å²) in [7, 11) is 0. The number of hydrogen-bond acceptors (Lipinski definition) is 6. The zero-order valence-corrected chi connectivity index (χ0v) is 19.4. The van der Waals surface area contributed by atoms with Gasteiger partial charge in [-0.2, -0.15) is 0 Å². The number of carbonyl (C=O) groups is 4. The molecule has 2 N–H and O–H groups in total. The fourth-order valence-electron chi connectivity index (χ4n) is 2.67. The third kappa shape index (κ3) is 7.14. The first kappa shape index (κ1) is 23.9. The zero-order chi connectivity index (χ0) is 23.6. The largest absolute Gasteiger partial charge is 0.421 e. The van der Waals surface area contributed by atoms with Crippen LogP contribution in [0.4, 0.5) is 0 Å². The van der Waals surface area contributed by atoms with E-state index in [0.717, 1.165) is 0 Å². The first-order chi connectivity index (χ1) is 15.9. The molecule has 0 heterocycles. The van der Waals surface area contributed by atoms with Crippen LogP contribution in [0.1, 0.15) is 20.7 Å². The number of esters is 2. The van der Waals surface area contributed by atoms with Gasteiger partial charge in [-0.05, 0) is 59.0 Å². The minimum Gasteiger partial charge on any atom is -0.421 e. The van der Waals surface area contributed by atoms with E-state index >= 15 is 0 Å². The van der Waals surface area contributed by atoms with Crippen molar-refractivity contribution in [1.29, 1.82) is 0 Å². The second kappa shape index (κ2) is 11.8. The van der Waals surface area contributed by atoms with E-state index in [1.54, 1.807) is 72.8 Å². The van der Waals surface area contributed by atoms with Crippen molar-refractivity contribution in [1.82, 2.24) is 10.6 Å². The monoisotopic (exact) mass is 558 g/mol. The van der Waals surface area contributed by atoms with Crippen molar-refractivity contribution in [3.8, 4) is 11.5 Å². The third-order valence-corrected chi connectivity index (χ3v) is 5.08. The van der Waals surface area contributed by atoms with Crippen LogP contribution < -0.4 is 20.1 Å². The smallest absolute Gasteiger partial charge is 0.330 e. The number of rotatable bonds is 8. The van der Waals surface area contributed by atoms with Gasteiger partial charge < -0.3 is 20.1 Å². The number of nitrogens with one attached hydrogen (secondary N) is 2. The second-order valence-electron chi connectivity index (χ2n) is 6.61. The molecule has 0 unspecified atom stereocenters. The Kier molecular flexibility index (Phi) is 8.53. The van der Waals surface area contributed by atoms with Gasteiger partial charge in [0, 0.05) is 11.1 Å². The molecule has 0 fully saturated rings. The Balaban J connectivity index is 1.56. The molecule has 8 nitrogen and oxygen atoms in total. The zero-order valence-electron chi connectivity index (χ0n) is 17.2. The average Bonchev–Trinajstić information content (AvgIpc) is 2.84. The summed E-state index contributed by atoms with van der Waals surface area (Å²) in [5, 5.41) is 4.95. The Morgan fingerprint density at radius 1 is 0.636 bits per heavy atom. The predicted octanol–water partition coefficient (Wildman–Crippen LogP) is 2.96. The molecule has 0 aliphatic heterocycles. The lowest BCUT2D eigenvalue weighted by molar-refractivity contribution is -0.136. The minimum absolute atomic E-state index is 0.0172. The molecule has 0 radical (unpaired) electrons. The normalized spacial score (nSPS) is 10.1. The van der Waals surface area contributed by atoms with Crippen molar-refractivity contribution in [3.63, 3.8) is 0 Å². The Hall–Kier alpha value is -3.73. The molecule has 0 bridgehead atoms. The number of halogens is 1. The Labute approximate surface area is 203 Å². The average molecular weight is 558 g/mol. The summed E-state index contributed by atoms with van der Waals surface area (Å²) in [5.41, 5.74) is 0.818. The summed E-state index contributed by atoms with van der Waals surface area (Å²) in [6.45, 7) is -0.751. The highest BCUT2D eigenvalue weighted by molar-refractivity contribution is 14.1. The number of para-hydroxylation sites is 1. The van der Waals surface area contributed by atoms with Crippen molar-refractivity contribution in [2.24, 2.45) is 0 Å². The summed E-state index contributed by atoms with van der Waals surface area (Å²) in [6.07, 6.45) is 0. The van der Waals surface area contributed by atoms with Gasteiger partial charge in [0.2, 0.25) is 0 Å². The third-order valence-electron chi connectivity index (χ3n) is 4.23. The van der Waals surface area contributed by atoms with E-state index in [4.69, 9.17) is 9.47 Å². The number of carbonyl (C=O) groups excluding carboxylic acids is 4. The summed E-state index contributed by atoms with van der Waals surface area (Å²) < 4.78 is 11.1. The van der Waals surface area contributed by atoms with E-state index in [-0.39, 0.29) is 24.6 Å². The maximum Gasteiger partial charge on any atom is 0.330 e. The fourth-order valence-corrected chi connectivity index (χ4v) is 3.25. The van der Waals surface area contributed by atoms with Gasteiger partial charge in [-0.1, -0.05) is 42.5 Å². The molecule has 0 saturated carbocycles. The number of benzene rings is 3. The van der Waals surface area contributed by atoms with Crippen molar-refractivity contribution in [3.05, 3.63) is 93.6 Å². The maximum absolute atomic E-state index is 12.3. The summed E-state index contributed by atoms with van der Waals surface area (Å²) in [4.78, 5) is 48.7. The van der Waals surface area contributed by atoms with Gasteiger partial charge in [0.05, 0.1) is 3.57 Å². The van der Waals surface area contributed by atoms with E-state index in [2.05, 4.69) is 10.6 Å². The van der Waals surface area contributed by atoms with Crippen LogP contribution in [0.5, 0.6) is 11.5 Å².